The molecule has 1 aromatic carbocycles. The SMILES string of the molecule is C=CC(=O)OCCCOc1ccc(C(COC(=O)C=C)OC(=O)C=C)cc1. The van der Waals surface area contributed by atoms with Crippen LogP contribution >= 0.6 is 0 Å². The molecule has 1 unspecified atom stereocenters. The maximum Gasteiger partial charge on any atom is 0.330 e. The van der Waals surface area contributed by atoms with Crippen molar-refractivity contribution in [3.05, 3.63) is 67.8 Å². The van der Waals surface area contributed by atoms with Gasteiger partial charge in [0.25, 0.3) is 0 Å². The Labute approximate surface area is 157 Å². The number of benzene rings is 1. The Kier molecular flexibility index (Phi) is 9.70. The van der Waals surface area contributed by atoms with Crippen molar-refractivity contribution < 1.29 is 33.3 Å². The van der Waals surface area contributed by atoms with Gasteiger partial charge in [0, 0.05) is 24.6 Å². The number of ether oxygens (including phenoxy) is 4. The van der Waals surface area contributed by atoms with E-state index in [9.17, 15) is 14.4 Å². The number of carbonyl (C=O) groups excluding carboxylic acids is 3. The van der Waals surface area contributed by atoms with Gasteiger partial charge in [0.15, 0.2) is 6.10 Å². The monoisotopic (exact) mass is 374 g/mol. The third kappa shape index (κ3) is 8.53. The molecule has 0 N–H and O–H groups in total. The van der Waals surface area contributed by atoms with Crippen LogP contribution in [0.5, 0.6) is 5.75 Å². The smallest absolute Gasteiger partial charge is 0.330 e. The van der Waals surface area contributed by atoms with Gasteiger partial charge in [0.2, 0.25) is 0 Å². The third-order valence-corrected chi connectivity index (χ3v) is 3.19. The second-order valence-corrected chi connectivity index (χ2v) is 5.11. The van der Waals surface area contributed by atoms with Crippen LogP contribution < -0.4 is 4.74 Å². The van der Waals surface area contributed by atoms with Crippen molar-refractivity contribution in [3.8, 4) is 5.75 Å². The molecule has 0 spiro atoms. The molecule has 1 atom stereocenters. The first-order valence-electron chi connectivity index (χ1n) is 8.14. The van der Waals surface area contributed by atoms with Gasteiger partial charge in [-0.25, -0.2) is 14.4 Å². The van der Waals surface area contributed by atoms with Crippen LogP contribution in [0.1, 0.15) is 18.1 Å². The fourth-order valence-corrected chi connectivity index (χ4v) is 1.86. The van der Waals surface area contributed by atoms with Crippen LogP contribution in [-0.4, -0.2) is 37.7 Å². The summed E-state index contributed by atoms with van der Waals surface area (Å²) in [5.74, 6) is -1.14. The van der Waals surface area contributed by atoms with E-state index in [0.29, 0.717) is 24.3 Å². The lowest BCUT2D eigenvalue weighted by molar-refractivity contribution is -0.153. The third-order valence-electron chi connectivity index (χ3n) is 3.19. The Morgan fingerprint density at radius 2 is 1.44 bits per heavy atom. The molecule has 0 aromatic heterocycles. The van der Waals surface area contributed by atoms with Crippen LogP contribution in [0.25, 0.3) is 0 Å². The van der Waals surface area contributed by atoms with Crippen molar-refractivity contribution >= 4 is 17.9 Å². The van der Waals surface area contributed by atoms with Crippen LogP contribution in [0, 0.1) is 0 Å². The fourth-order valence-electron chi connectivity index (χ4n) is 1.86. The number of hydrogen-bond donors (Lipinski definition) is 0. The van der Waals surface area contributed by atoms with E-state index in [1.807, 2.05) is 0 Å². The van der Waals surface area contributed by atoms with Crippen molar-refractivity contribution in [3.63, 3.8) is 0 Å². The number of rotatable bonds is 12. The first-order chi connectivity index (χ1) is 13.0. The molecule has 0 aliphatic rings. The summed E-state index contributed by atoms with van der Waals surface area (Å²) in [7, 11) is 0. The van der Waals surface area contributed by atoms with Gasteiger partial charge in [0.05, 0.1) is 13.2 Å². The van der Waals surface area contributed by atoms with Crippen LogP contribution in [0.2, 0.25) is 0 Å². The van der Waals surface area contributed by atoms with Gasteiger partial charge >= 0.3 is 17.9 Å². The summed E-state index contributed by atoms with van der Waals surface area (Å²) in [6.07, 6.45) is 2.89. The normalized spacial score (nSPS) is 10.8. The van der Waals surface area contributed by atoms with E-state index in [1.54, 1.807) is 24.3 Å². The molecule has 0 fully saturated rings. The quantitative estimate of drug-likeness (QED) is 0.240. The zero-order chi connectivity index (χ0) is 20.1. The molecule has 7 nitrogen and oxygen atoms in total. The minimum absolute atomic E-state index is 0.153. The van der Waals surface area contributed by atoms with Crippen molar-refractivity contribution in [2.24, 2.45) is 0 Å². The molecule has 1 aromatic rings. The molecular weight excluding hydrogens is 352 g/mol. The molecule has 0 aliphatic carbocycles. The topological polar surface area (TPSA) is 88.1 Å². The van der Waals surface area contributed by atoms with Crippen molar-refractivity contribution in [2.75, 3.05) is 19.8 Å². The van der Waals surface area contributed by atoms with Crippen LogP contribution in [0.15, 0.2) is 62.2 Å². The van der Waals surface area contributed by atoms with Crippen LogP contribution in [-0.2, 0) is 28.6 Å². The standard InChI is InChI=1S/C20H22O7/c1-4-18(21)25-13-7-12-24-16-10-8-15(9-11-16)17(27-20(23)6-3)14-26-19(22)5-2/h4-6,8-11,17H,1-3,7,12-14H2. The Morgan fingerprint density at radius 3 is 2.04 bits per heavy atom. The largest absolute Gasteiger partial charge is 0.493 e. The lowest BCUT2D eigenvalue weighted by Crippen LogP contribution is -2.17. The summed E-state index contributed by atoms with van der Waals surface area (Å²) >= 11 is 0. The second kappa shape index (κ2) is 12.1. The van der Waals surface area contributed by atoms with Crippen molar-refractivity contribution in [1.29, 1.82) is 0 Å². The van der Waals surface area contributed by atoms with E-state index >= 15 is 0 Å². The molecule has 1 rings (SSSR count). The van der Waals surface area contributed by atoms with Crippen LogP contribution in [0.3, 0.4) is 0 Å². The summed E-state index contributed by atoms with van der Waals surface area (Å²) in [6.45, 7) is 10.4. The summed E-state index contributed by atoms with van der Waals surface area (Å²) in [4.78, 5) is 33.6. The highest BCUT2D eigenvalue weighted by atomic mass is 16.6. The summed E-state index contributed by atoms with van der Waals surface area (Å²) in [6, 6.07) is 6.76. The van der Waals surface area contributed by atoms with E-state index in [4.69, 9.17) is 18.9 Å². The second-order valence-electron chi connectivity index (χ2n) is 5.11. The van der Waals surface area contributed by atoms with Gasteiger partial charge in [0.1, 0.15) is 12.4 Å². The zero-order valence-electron chi connectivity index (χ0n) is 14.9. The first kappa shape index (κ1) is 21.7. The summed E-state index contributed by atoms with van der Waals surface area (Å²) < 4.78 is 20.5. The van der Waals surface area contributed by atoms with E-state index in [2.05, 4.69) is 19.7 Å². The van der Waals surface area contributed by atoms with E-state index < -0.39 is 24.0 Å². The Bertz CT molecular complexity index is 676. The number of esters is 3. The lowest BCUT2D eigenvalue weighted by atomic mass is 10.1. The Morgan fingerprint density at radius 1 is 0.852 bits per heavy atom. The van der Waals surface area contributed by atoms with Gasteiger partial charge < -0.3 is 18.9 Å². The predicted octanol–water partition coefficient (Wildman–Crippen LogP) is 2.68. The Balaban J connectivity index is 2.59. The number of carbonyl (C=O) groups is 3. The molecule has 7 heteroatoms. The highest BCUT2D eigenvalue weighted by Gasteiger charge is 2.17. The van der Waals surface area contributed by atoms with E-state index in [1.165, 1.54) is 0 Å². The van der Waals surface area contributed by atoms with E-state index in [-0.39, 0.29) is 13.2 Å². The molecule has 144 valence electrons. The molecule has 0 saturated carbocycles. The molecule has 0 heterocycles. The van der Waals surface area contributed by atoms with Crippen LogP contribution in [0.4, 0.5) is 0 Å². The zero-order valence-corrected chi connectivity index (χ0v) is 14.9. The molecule has 27 heavy (non-hydrogen) atoms. The van der Waals surface area contributed by atoms with Gasteiger partial charge in [-0.05, 0) is 17.7 Å². The van der Waals surface area contributed by atoms with Crippen molar-refractivity contribution in [2.45, 2.75) is 12.5 Å². The van der Waals surface area contributed by atoms with Gasteiger partial charge in [-0.1, -0.05) is 31.9 Å². The highest BCUT2D eigenvalue weighted by molar-refractivity contribution is 5.82. The lowest BCUT2D eigenvalue weighted by Gasteiger charge is -2.17. The minimum Gasteiger partial charge on any atom is -0.493 e. The summed E-state index contributed by atoms with van der Waals surface area (Å²) in [5, 5.41) is 0. The average molecular weight is 374 g/mol. The van der Waals surface area contributed by atoms with Gasteiger partial charge in [-0.2, -0.15) is 0 Å². The molecule has 0 saturated heterocycles. The Hall–Kier alpha value is -3.35. The van der Waals surface area contributed by atoms with E-state index in [0.717, 1.165) is 18.2 Å². The minimum atomic E-state index is -0.785. The highest BCUT2D eigenvalue weighted by Crippen LogP contribution is 2.22. The maximum absolute atomic E-state index is 11.5. The predicted molar refractivity (Wildman–Crippen MR) is 97.9 cm³/mol. The first-order valence-corrected chi connectivity index (χ1v) is 8.14. The molecular formula is C20H22O7. The molecule has 0 aliphatic heterocycles. The summed E-state index contributed by atoms with van der Waals surface area (Å²) in [5.41, 5.74) is 0.620. The van der Waals surface area contributed by atoms with Crippen molar-refractivity contribution in [1.82, 2.24) is 0 Å². The molecule has 0 amide bonds. The average Bonchev–Trinajstić information content (AvgIpc) is 2.70. The number of hydrogen-bond acceptors (Lipinski definition) is 7. The van der Waals surface area contributed by atoms with Gasteiger partial charge in [-0.15, -0.1) is 0 Å². The maximum atomic E-state index is 11.5. The van der Waals surface area contributed by atoms with Gasteiger partial charge in [-0.3, -0.25) is 0 Å². The fraction of sp³-hybridized carbons (Fsp3) is 0.250. The molecule has 0 radical (unpaired) electrons. The molecule has 0 bridgehead atoms.